The van der Waals surface area contributed by atoms with Gasteiger partial charge < -0.3 is 5.11 Å². The van der Waals surface area contributed by atoms with Crippen molar-refractivity contribution >= 4 is 15.9 Å². The van der Waals surface area contributed by atoms with Crippen LogP contribution in [0.1, 0.15) is 25.3 Å². The third-order valence-electron chi connectivity index (χ3n) is 3.53. The highest BCUT2D eigenvalue weighted by Gasteiger charge is 2.26. The standard InChI is InChI=1S/C14H22N2O3S/c1-12-4-3-8-16(11-12)20(18,19)15-14-6-2-5-13(10-14)7-9-17/h2,5-6,10,12,15,17H,3-4,7-9,11H2,1H3. The molecule has 1 fully saturated rings. The number of aliphatic hydroxyl groups excluding tert-OH is 1. The minimum absolute atomic E-state index is 0.0554. The second-order valence-corrected chi connectivity index (χ2v) is 7.06. The minimum Gasteiger partial charge on any atom is -0.396 e. The van der Waals surface area contributed by atoms with Crippen molar-refractivity contribution in [3.05, 3.63) is 29.8 Å². The Bertz CT molecular complexity index is 545. The second kappa shape index (κ2) is 6.56. The van der Waals surface area contributed by atoms with Crippen molar-refractivity contribution in [1.29, 1.82) is 0 Å². The number of anilines is 1. The number of hydrogen-bond acceptors (Lipinski definition) is 3. The molecule has 0 bridgehead atoms. The summed E-state index contributed by atoms with van der Waals surface area (Å²) in [6, 6.07) is 7.16. The van der Waals surface area contributed by atoms with Crippen molar-refractivity contribution < 1.29 is 13.5 Å². The van der Waals surface area contributed by atoms with E-state index in [-0.39, 0.29) is 6.61 Å². The summed E-state index contributed by atoms with van der Waals surface area (Å²) in [7, 11) is -3.48. The molecule has 1 aromatic carbocycles. The van der Waals surface area contributed by atoms with Crippen LogP contribution in [-0.4, -0.2) is 37.5 Å². The normalized spacial score (nSPS) is 20.8. The van der Waals surface area contributed by atoms with Gasteiger partial charge in [0.1, 0.15) is 0 Å². The summed E-state index contributed by atoms with van der Waals surface area (Å²) in [5.41, 5.74) is 1.47. The summed E-state index contributed by atoms with van der Waals surface area (Å²) in [5.74, 6) is 0.404. The molecule has 0 aliphatic carbocycles. The molecule has 1 unspecified atom stereocenters. The molecule has 1 heterocycles. The molecular formula is C14H22N2O3S. The average molecular weight is 298 g/mol. The first kappa shape index (κ1) is 15.3. The number of nitrogens with one attached hydrogen (secondary N) is 1. The summed E-state index contributed by atoms with van der Waals surface area (Å²) in [6.45, 7) is 3.28. The van der Waals surface area contributed by atoms with Crippen LogP contribution in [0.3, 0.4) is 0 Å². The van der Waals surface area contributed by atoms with Gasteiger partial charge in [-0.15, -0.1) is 0 Å². The third kappa shape index (κ3) is 3.94. The molecule has 1 aliphatic heterocycles. The van der Waals surface area contributed by atoms with Crippen LogP contribution in [-0.2, 0) is 16.6 Å². The van der Waals surface area contributed by atoms with Gasteiger partial charge in [-0.05, 0) is 42.9 Å². The summed E-state index contributed by atoms with van der Waals surface area (Å²) in [4.78, 5) is 0. The van der Waals surface area contributed by atoms with Crippen LogP contribution in [0.2, 0.25) is 0 Å². The largest absolute Gasteiger partial charge is 0.396 e. The van der Waals surface area contributed by atoms with Crippen molar-refractivity contribution in [1.82, 2.24) is 4.31 Å². The van der Waals surface area contributed by atoms with E-state index in [1.165, 1.54) is 4.31 Å². The van der Waals surface area contributed by atoms with E-state index in [4.69, 9.17) is 5.11 Å². The smallest absolute Gasteiger partial charge is 0.301 e. The molecule has 0 saturated carbocycles. The molecule has 0 amide bonds. The Hall–Kier alpha value is -1.11. The number of rotatable bonds is 5. The molecule has 0 aromatic heterocycles. The molecule has 0 radical (unpaired) electrons. The van der Waals surface area contributed by atoms with Crippen molar-refractivity contribution in [2.45, 2.75) is 26.2 Å². The highest BCUT2D eigenvalue weighted by Crippen LogP contribution is 2.20. The molecule has 0 spiro atoms. The van der Waals surface area contributed by atoms with Gasteiger partial charge in [-0.3, -0.25) is 4.72 Å². The lowest BCUT2D eigenvalue weighted by Crippen LogP contribution is -2.42. The fraction of sp³-hybridized carbons (Fsp3) is 0.571. The van der Waals surface area contributed by atoms with Crippen molar-refractivity contribution in [2.24, 2.45) is 5.92 Å². The van der Waals surface area contributed by atoms with Crippen molar-refractivity contribution in [2.75, 3.05) is 24.4 Å². The molecular weight excluding hydrogens is 276 g/mol. The molecule has 112 valence electrons. The van der Waals surface area contributed by atoms with Gasteiger partial charge in [-0.25, -0.2) is 0 Å². The van der Waals surface area contributed by atoms with E-state index in [0.29, 0.717) is 31.1 Å². The number of nitrogens with zero attached hydrogens (tertiary/aromatic N) is 1. The first-order valence-electron chi connectivity index (χ1n) is 6.99. The van der Waals surface area contributed by atoms with E-state index in [0.717, 1.165) is 18.4 Å². The zero-order chi connectivity index (χ0) is 14.6. The maximum Gasteiger partial charge on any atom is 0.301 e. The maximum absolute atomic E-state index is 12.3. The molecule has 1 aliphatic rings. The quantitative estimate of drug-likeness (QED) is 0.867. The first-order chi connectivity index (χ1) is 9.51. The molecule has 1 saturated heterocycles. The molecule has 2 N–H and O–H groups in total. The maximum atomic E-state index is 12.3. The second-order valence-electron chi connectivity index (χ2n) is 5.39. The average Bonchev–Trinajstić information content (AvgIpc) is 2.39. The van der Waals surface area contributed by atoms with E-state index in [1.54, 1.807) is 18.2 Å². The predicted octanol–water partition coefficient (Wildman–Crippen LogP) is 1.61. The zero-order valence-electron chi connectivity index (χ0n) is 11.7. The lowest BCUT2D eigenvalue weighted by Gasteiger charge is -2.30. The summed E-state index contributed by atoms with van der Waals surface area (Å²) < 4.78 is 28.8. The van der Waals surface area contributed by atoms with Gasteiger partial charge in [-0.1, -0.05) is 19.1 Å². The predicted molar refractivity (Wildman–Crippen MR) is 79.7 cm³/mol. The number of benzene rings is 1. The summed E-state index contributed by atoms with van der Waals surface area (Å²) in [6.07, 6.45) is 2.51. The minimum atomic E-state index is -3.48. The topological polar surface area (TPSA) is 69.6 Å². The van der Waals surface area contributed by atoms with E-state index in [2.05, 4.69) is 11.6 Å². The molecule has 20 heavy (non-hydrogen) atoms. The van der Waals surface area contributed by atoms with Crippen LogP contribution >= 0.6 is 0 Å². The Balaban J connectivity index is 2.09. The van der Waals surface area contributed by atoms with Gasteiger partial charge >= 0.3 is 10.2 Å². The van der Waals surface area contributed by atoms with Crippen molar-refractivity contribution in [3.63, 3.8) is 0 Å². The summed E-state index contributed by atoms with van der Waals surface area (Å²) in [5, 5.41) is 8.93. The highest BCUT2D eigenvalue weighted by molar-refractivity contribution is 7.90. The lowest BCUT2D eigenvalue weighted by atomic mass is 10.0. The van der Waals surface area contributed by atoms with Crippen LogP contribution in [0.25, 0.3) is 0 Å². The van der Waals surface area contributed by atoms with Crippen LogP contribution in [0.4, 0.5) is 5.69 Å². The molecule has 1 atom stereocenters. The third-order valence-corrected chi connectivity index (χ3v) is 5.04. The van der Waals surface area contributed by atoms with Gasteiger partial charge in [0.2, 0.25) is 0 Å². The van der Waals surface area contributed by atoms with Gasteiger partial charge in [0.15, 0.2) is 0 Å². The van der Waals surface area contributed by atoms with Crippen LogP contribution < -0.4 is 4.72 Å². The van der Waals surface area contributed by atoms with Gasteiger partial charge in [0, 0.05) is 19.7 Å². The number of piperidine rings is 1. The Labute approximate surface area is 120 Å². The molecule has 1 aromatic rings. The van der Waals surface area contributed by atoms with Crippen LogP contribution in [0.5, 0.6) is 0 Å². The fourth-order valence-electron chi connectivity index (χ4n) is 2.50. The Morgan fingerprint density at radius 3 is 2.95 bits per heavy atom. The van der Waals surface area contributed by atoms with Gasteiger partial charge in [0.05, 0.1) is 5.69 Å². The number of hydrogen-bond donors (Lipinski definition) is 2. The van der Waals surface area contributed by atoms with E-state index < -0.39 is 10.2 Å². The zero-order valence-corrected chi connectivity index (χ0v) is 12.6. The Morgan fingerprint density at radius 2 is 2.25 bits per heavy atom. The van der Waals surface area contributed by atoms with Crippen LogP contribution in [0, 0.1) is 5.92 Å². The SMILES string of the molecule is CC1CCCN(S(=O)(=O)Nc2cccc(CCO)c2)C1. The first-order valence-corrected chi connectivity index (χ1v) is 8.43. The van der Waals surface area contributed by atoms with E-state index in [1.807, 2.05) is 6.07 Å². The van der Waals surface area contributed by atoms with Crippen molar-refractivity contribution in [3.8, 4) is 0 Å². The van der Waals surface area contributed by atoms with Gasteiger partial charge in [0.25, 0.3) is 0 Å². The van der Waals surface area contributed by atoms with Crippen LogP contribution in [0.15, 0.2) is 24.3 Å². The molecule has 5 nitrogen and oxygen atoms in total. The Morgan fingerprint density at radius 1 is 1.45 bits per heavy atom. The molecule has 6 heteroatoms. The number of aliphatic hydroxyl groups is 1. The van der Waals surface area contributed by atoms with Gasteiger partial charge in [-0.2, -0.15) is 12.7 Å². The monoisotopic (exact) mass is 298 g/mol. The fourth-order valence-corrected chi connectivity index (χ4v) is 3.87. The van der Waals surface area contributed by atoms with E-state index in [9.17, 15) is 8.42 Å². The Kier molecular flexibility index (Phi) is 5.01. The lowest BCUT2D eigenvalue weighted by molar-refractivity contribution is 0.282. The molecule has 2 rings (SSSR count). The highest BCUT2D eigenvalue weighted by atomic mass is 32.2. The summed E-state index contributed by atoms with van der Waals surface area (Å²) >= 11 is 0. The van der Waals surface area contributed by atoms with E-state index >= 15 is 0 Å².